The highest BCUT2D eigenvalue weighted by Gasteiger charge is 2.42. The Hall–Kier alpha value is -4.04. The molecule has 35 heavy (non-hydrogen) atoms. The van der Waals surface area contributed by atoms with Gasteiger partial charge in [-0.05, 0) is 85.4 Å². The number of hydrogen-bond acceptors (Lipinski definition) is 4. The zero-order chi connectivity index (χ0) is 24.5. The molecular weight excluding hydrogens is 463 g/mol. The van der Waals surface area contributed by atoms with E-state index in [0.29, 0.717) is 16.2 Å². The maximum Gasteiger partial charge on any atom is 0.337 e. The first-order valence-electron chi connectivity index (χ1n) is 11.1. The first-order valence-corrected chi connectivity index (χ1v) is 11.5. The number of carbonyl (C=O) groups excluding carboxylic acids is 1. The van der Waals surface area contributed by atoms with Gasteiger partial charge >= 0.3 is 5.97 Å². The van der Waals surface area contributed by atoms with Gasteiger partial charge in [-0.25, -0.2) is 9.18 Å². The Kier molecular flexibility index (Phi) is 6.05. The van der Waals surface area contributed by atoms with E-state index in [9.17, 15) is 9.18 Å². The number of carbonyl (C=O) groups is 1. The number of hydrogen-bond donors (Lipinski definition) is 1. The molecule has 0 saturated carbocycles. The van der Waals surface area contributed by atoms with Crippen molar-refractivity contribution in [2.75, 3.05) is 12.0 Å². The maximum atomic E-state index is 14.1. The Labute approximate surface area is 208 Å². The number of esters is 1. The van der Waals surface area contributed by atoms with Crippen molar-refractivity contribution in [1.82, 2.24) is 14.9 Å². The minimum atomic E-state index is -0.404. The molecule has 2 aromatic heterocycles. The van der Waals surface area contributed by atoms with Gasteiger partial charge in [0, 0.05) is 29.5 Å². The summed E-state index contributed by atoms with van der Waals surface area (Å²) in [6.45, 7) is 1.73. The van der Waals surface area contributed by atoms with Crippen LogP contribution in [0.5, 0.6) is 0 Å². The van der Waals surface area contributed by atoms with Crippen LogP contribution in [0.3, 0.4) is 0 Å². The molecule has 0 bridgehead atoms. The predicted molar refractivity (Wildman–Crippen MR) is 136 cm³/mol. The molecule has 2 aromatic carbocycles. The molecule has 2 atom stereocenters. The lowest BCUT2D eigenvalue weighted by atomic mass is 10.0. The zero-order valence-corrected chi connectivity index (χ0v) is 20.0. The molecule has 8 heteroatoms. The van der Waals surface area contributed by atoms with Crippen LogP contribution < -0.4 is 10.2 Å². The molecule has 3 heterocycles. The first-order chi connectivity index (χ1) is 17.0. The molecule has 1 fully saturated rings. The average Bonchev–Trinajstić information content (AvgIpc) is 3.50. The summed E-state index contributed by atoms with van der Waals surface area (Å²) in [5.74, 6) is -0.674. The van der Waals surface area contributed by atoms with E-state index in [1.54, 1.807) is 37.4 Å². The van der Waals surface area contributed by atoms with Gasteiger partial charge in [0.25, 0.3) is 0 Å². The molecule has 0 aliphatic carbocycles. The van der Waals surface area contributed by atoms with Crippen molar-refractivity contribution in [2.45, 2.75) is 19.0 Å². The van der Waals surface area contributed by atoms with Crippen molar-refractivity contribution < 1.29 is 13.9 Å². The van der Waals surface area contributed by atoms with E-state index >= 15 is 0 Å². The summed E-state index contributed by atoms with van der Waals surface area (Å²) in [5.41, 5.74) is 4.33. The molecule has 1 saturated heterocycles. The van der Waals surface area contributed by atoms with Crippen LogP contribution in [-0.4, -0.2) is 27.7 Å². The van der Waals surface area contributed by atoms with Gasteiger partial charge in [-0.15, -0.1) is 0 Å². The van der Waals surface area contributed by atoms with Crippen molar-refractivity contribution in [2.24, 2.45) is 0 Å². The number of ether oxygens (including phenoxy) is 1. The van der Waals surface area contributed by atoms with Crippen molar-refractivity contribution in [1.29, 1.82) is 0 Å². The molecule has 0 unspecified atom stereocenters. The topological polar surface area (TPSA) is 59.4 Å². The number of nitrogens with one attached hydrogen (secondary N) is 1. The lowest BCUT2D eigenvalue weighted by molar-refractivity contribution is 0.0600. The van der Waals surface area contributed by atoms with Crippen LogP contribution >= 0.6 is 12.2 Å². The molecule has 0 amide bonds. The Morgan fingerprint density at radius 3 is 2.66 bits per heavy atom. The standard InChI is InChI=1S/C27H23FN4O2S/c1-17-15-20(11-12-21(17)28)32-25(24(30-27(32)35)22-9-3-4-13-29-22)23-10-6-14-31(23)19-8-5-7-18(16-19)26(33)34-2/h3-16,24-25H,1-2H3,(H,30,35)/t24-,25+/m0/s1. The molecule has 4 aromatic rings. The van der Waals surface area contributed by atoms with E-state index < -0.39 is 5.97 Å². The second-order valence-corrected chi connectivity index (χ2v) is 8.66. The summed E-state index contributed by atoms with van der Waals surface area (Å²) in [6.07, 6.45) is 3.69. The number of thiocarbonyl (C=S) groups is 1. The number of halogens is 1. The third-order valence-electron chi connectivity index (χ3n) is 6.15. The minimum Gasteiger partial charge on any atom is -0.465 e. The van der Waals surface area contributed by atoms with Gasteiger partial charge in [0.1, 0.15) is 11.9 Å². The molecule has 6 nitrogen and oxygen atoms in total. The summed E-state index contributed by atoms with van der Waals surface area (Å²) in [4.78, 5) is 18.7. The number of nitrogens with zero attached hydrogens (tertiary/aromatic N) is 3. The third kappa shape index (κ3) is 4.17. The number of anilines is 1. The Morgan fingerprint density at radius 1 is 1.06 bits per heavy atom. The van der Waals surface area contributed by atoms with Crippen molar-refractivity contribution in [3.63, 3.8) is 0 Å². The van der Waals surface area contributed by atoms with Gasteiger partial charge in [0.15, 0.2) is 5.11 Å². The van der Waals surface area contributed by atoms with E-state index in [2.05, 4.69) is 10.3 Å². The van der Waals surface area contributed by atoms with Crippen molar-refractivity contribution in [3.8, 4) is 5.69 Å². The summed E-state index contributed by atoms with van der Waals surface area (Å²) >= 11 is 5.78. The van der Waals surface area contributed by atoms with Gasteiger partial charge in [0.05, 0.1) is 24.4 Å². The fraction of sp³-hybridized carbons (Fsp3) is 0.148. The number of aryl methyl sites for hydroxylation is 1. The summed E-state index contributed by atoms with van der Waals surface area (Å²) < 4.78 is 21.0. The smallest absolute Gasteiger partial charge is 0.337 e. The molecule has 5 rings (SSSR count). The SMILES string of the molecule is COC(=O)c1cccc(-n2cccc2[C@@H]2[C@H](c3ccccn3)NC(=S)N2c2ccc(F)c(C)c2)c1. The van der Waals surface area contributed by atoms with Crippen LogP contribution in [-0.2, 0) is 4.74 Å². The van der Waals surface area contributed by atoms with E-state index in [1.165, 1.54) is 13.2 Å². The van der Waals surface area contributed by atoms with E-state index in [4.69, 9.17) is 17.0 Å². The number of pyridine rings is 1. The van der Waals surface area contributed by atoms with Gasteiger partial charge < -0.3 is 19.5 Å². The van der Waals surface area contributed by atoms with Crippen molar-refractivity contribution >= 4 is 29.0 Å². The van der Waals surface area contributed by atoms with E-state index in [0.717, 1.165) is 22.8 Å². The highest BCUT2D eigenvalue weighted by Crippen LogP contribution is 2.42. The second kappa shape index (κ2) is 9.31. The fourth-order valence-corrected chi connectivity index (χ4v) is 4.83. The largest absolute Gasteiger partial charge is 0.465 e. The Bertz CT molecular complexity index is 1410. The molecule has 0 spiro atoms. The lowest BCUT2D eigenvalue weighted by Crippen LogP contribution is -2.30. The van der Waals surface area contributed by atoms with Gasteiger partial charge in [-0.1, -0.05) is 12.1 Å². The van der Waals surface area contributed by atoms with Gasteiger partial charge in [-0.2, -0.15) is 0 Å². The monoisotopic (exact) mass is 486 g/mol. The summed E-state index contributed by atoms with van der Waals surface area (Å²) in [7, 11) is 1.36. The van der Waals surface area contributed by atoms with Crippen LogP contribution in [0.2, 0.25) is 0 Å². The first kappa shape index (κ1) is 22.7. The van der Waals surface area contributed by atoms with Crippen LogP contribution in [0.1, 0.15) is 39.4 Å². The van der Waals surface area contributed by atoms with Crippen LogP contribution in [0.15, 0.2) is 85.2 Å². The van der Waals surface area contributed by atoms with E-state index in [1.807, 2.05) is 58.1 Å². The number of aromatic nitrogens is 2. The maximum absolute atomic E-state index is 14.1. The Balaban J connectivity index is 1.66. The summed E-state index contributed by atoms with van der Waals surface area (Å²) in [6, 6.07) is 21.4. The molecule has 176 valence electrons. The van der Waals surface area contributed by atoms with Crippen molar-refractivity contribution in [3.05, 3.63) is 114 Å². The van der Waals surface area contributed by atoms with Crippen LogP contribution in [0.4, 0.5) is 10.1 Å². The predicted octanol–water partition coefficient (Wildman–Crippen LogP) is 5.28. The van der Waals surface area contributed by atoms with Crippen LogP contribution in [0.25, 0.3) is 5.69 Å². The highest BCUT2D eigenvalue weighted by atomic mass is 32.1. The molecule has 1 aliphatic heterocycles. The Morgan fingerprint density at radius 2 is 1.91 bits per heavy atom. The number of rotatable bonds is 5. The quantitative estimate of drug-likeness (QED) is 0.306. The lowest BCUT2D eigenvalue weighted by Gasteiger charge is -2.29. The normalized spacial score (nSPS) is 17.3. The minimum absolute atomic E-state index is 0.258. The number of benzene rings is 2. The molecule has 1 N–H and O–H groups in total. The second-order valence-electron chi connectivity index (χ2n) is 8.28. The van der Waals surface area contributed by atoms with Gasteiger partial charge in [-0.3, -0.25) is 4.98 Å². The highest BCUT2D eigenvalue weighted by molar-refractivity contribution is 7.80. The van der Waals surface area contributed by atoms with E-state index in [-0.39, 0.29) is 17.9 Å². The zero-order valence-electron chi connectivity index (χ0n) is 19.2. The average molecular weight is 487 g/mol. The molecule has 0 radical (unpaired) electrons. The van der Waals surface area contributed by atoms with Crippen LogP contribution in [0, 0.1) is 12.7 Å². The molecular formula is C27H23FN4O2S. The van der Waals surface area contributed by atoms with Gasteiger partial charge in [0.2, 0.25) is 0 Å². The fourth-order valence-electron chi connectivity index (χ4n) is 4.48. The number of methoxy groups -OCH3 is 1. The summed E-state index contributed by atoms with van der Waals surface area (Å²) in [5, 5.41) is 3.94. The third-order valence-corrected chi connectivity index (χ3v) is 6.46. The molecule has 1 aliphatic rings.